The second-order valence-electron chi connectivity index (χ2n) is 4.38. The van der Waals surface area contributed by atoms with E-state index in [1.165, 1.54) is 6.07 Å². The molecule has 0 saturated carbocycles. The molecule has 20 heavy (non-hydrogen) atoms. The molecule has 0 bridgehead atoms. The van der Waals surface area contributed by atoms with Crippen LogP contribution in [0.1, 0.15) is 11.1 Å². The van der Waals surface area contributed by atoms with Gasteiger partial charge >= 0.3 is 0 Å². The van der Waals surface area contributed by atoms with Gasteiger partial charge in [0.1, 0.15) is 5.78 Å². The van der Waals surface area contributed by atoms with Crippen molar-refractivity contribution in [1.29, 1.82) is 0 Å². The van der Waals surface area contributed by atoms with Crippen LogP contribution in [0.4, 0.5) is 8.78 Å². The van der Waals surface area contributed by atoms with Crippen molar-refractivity contribution in [2.75, 3.05) is 0 Å². The Kier molecular flexibility index (Phi) is 4.89. The molecule has 0 aliphatic carbocycles. The first-order valence-electron chi connectivity index (χ1n) is 5.85. The van der Waals surface area contributed by atoms with Crippen molar-refractivity contribution in [3.05, 3.63) is 68.7 Å². The predicted octanol–water partition coefficient (Wildman–Crippen LogP) is 4.74. The zero-order chi connectivity index (χ0) is 14.7. The van der Waals surface area contributed by atoms with Gasteiger partial charge in [0.05, 0.1) is 0 Å². The normalized spacial score (nSPS) is 10.6. The maximum Gasteiger partial charge on any atom is 0.159 e. The number of Topliss-reactive ketones (excluding diaryl/α,β-unsaturated/α-hetero) is 1. The molecule has 1 nitrogen and oxygen atoms in total. The summed E-state index contributed by atoms with van der Waals surface area (Å²) in [6.45, 7) is 0. The van der Waals surface area contributed by atoms with E-state index < -0.39 is 11.6 Å². The third kappa shape index (κ3) is 3.87. The number of rotatable bonds is 4. The van der Waals surface area contributed by atoms with Gasteiger partial charge in [0.2, 0.25) is 0 Å². The van der Waals surface area contributed by atoms with E-state index in [4.69, 9.17) is 11.6 Å². The van der Waals surface area contributed by atoms with Crippen molar-refractivity contribution in [3.8, 4) is 0 Å². The number of hydrogen-bond acceptors (Lipinski definition) is 1. The summed E-state index contributed by atoms with van der Waals surface area (Å²) < 4.78 is 26.7. The minimum absolute atomic E-state index is 0.0452. The summed E-state index contributed by atoms with van der Waals surface area (Å²) in [6.07, 6.45) is 0.203. The Labute approximate surface area is 128 Å². The molecule has 0 amide bonds. The largest absolute Gasteiger partial charge is 0.299 e. The topological polar surface area (TPSA) is 17.1 Å². The summed E-state index contributed by atoms with van der Waals surface area (Å²) >= 11 is 9.32. The first-order valence-corrected chi connectivity index (χ1v) is 7.02. The number of ketones is 1. The zero-order valence-electron chi connectivity index (χ0n) is 10.3. The van der Waals surface area contributed by atoms with Gasteiger partial charge in [0.15, 0.2) is 11.6 Å². The maximum absolute atomic E-state index is 13.1. The second-order valence-corrected chi connectivity index (χ2v) is 5.70. The van der Waals surface area contributed by atoms with Crippen LogP contribution in [-0.2, 0) is 17.6 Å². The van der Waals surface area contributed by atoms with Gasteiger partial charge in [-0.3, -0.25) is 4.79 Å². The van der Waals surface area contributed by atoms with E-state index in [2.05, 4.69) is 15.9 Å². The molecule has 2 rings (SSSR count). The van der Waals surface area contributed by atoms with Crippen molar-refractivity contribution in [3.63, 3.8) is 0 Å². The monoisotopic (exact) mass is 358 g/mol. The fourth-order valence-electron chi connectivity index (χ4n) is 1.82. The number of halogens is 4. The highest BCUT2D eigenvalue weighted by atomic mass is 79.9. The van der Waals surface area contributed by atoms with Crippen LogP contribution in [-0.4, -0.2) is 5.78 Å². The molecule has 0 N–H and O–H groups in total. The van der Waals surface area contributed by atoms with E-state index in [1.807, 2.05) is 0 Å². The predicted molar refractivity (Wildman–Crippen MR) is 77.9 cm³/mol. The van der Waals surface area contributed by atoms with Crippen molar-refractivity contribution >= 4 is 33.3 Å². The number of hydrogen-bond donors (Lipinski definition) is 0. The van der Waals surface area contributed by atoms with Gasteiger partial charge in [-0.25, -0.2) is 8.78 Å². The number of carbonyl (C=O) groups is 1. The van der Waals surface area contributed by atoms with Crippen LogP contribution in [0.25, 0.3) is 0 Å². The zero-order valence-corrected chi connectivity index (χ0v) is 12.6. The Bertz CT molecular complexity index is 658. The summed E-state index contributed by atoms with van der Waals surface area (Å²) in [5.41, 5.74) is 1.16. The maximum atomic E-state index is 13.1. The molecule has 0 unspecified atom stereocenters. The molecule has 0 fully saturated rings. The van der Waals surface area contributed by atoms with Crippen molar-refractivity contribution in [2.45, 2.75) is 12.8 Å². The SMILES string of the molecule is O=C(Cc1ccc(F)c(F)c1)Cc1ccc(Br)cc1Cl. The standard InChI is InChI=1S/C15H10BrClF2O/c16-11-3-2-10(13(17)8-11)7-12(20)5-9-1-4-14(18)15(19)6-9/h1-4,6,8H,5,7H2. The molecule has 0 atom stereocenters. The lowest BCUT2D eigenvalue weighted by atomic mass is 10.0. The third-order valence-electron chi connectivity index (χ3n) is 2.79. The van der Waals surface area contributed by atoms with Crippen LogP contribution in [0.15, 0.2) is 40.9 Å². The quantitative estimate of drug-likeness (QED) is 0.771. The van der Waals surface area contributed by atoms with E-state index >= 15 is 0 Å². The highest BCUT2D eigenvalue weighted by Crippen LogP contribution is 2.22. The number of benzene rings is 2. The third-order valence-corrected chi connectivity index (χ3v) is 3.63. The van der Waals surface area contributed by atoms with Gasteiger partial charge in [0.25, 0.3) is 0 Å². The van der Waals surface area contributed by atoms with E-state index in [0.29, 0.717) is 16.1 Å². The Balaban J connectivity index is 2.07. The summed E-state index contributed by atoms with van der Waals surface area (Å²) in [6, 6.07) is 8.73. The lowest BCUT2D eigenvalue weighted by molar-refractivity contribution is -0.117. The smallest absolute Gasteiger partial charge is 0.159 e. The van der Waals surface area contributed by atoms with Crippen molar-refractivity contribution in [2.24, 2.45) is 0 Å². The van der Waals surface area contributed by atoms with E-state index in [-0.39, 0.29) is 18.6 Å². The molecule has 0 aromatic heterocycles. The highest BCUT2D eigenvalue weighted by Gasteiger charge is 2.10. The molecular weight excluding hydrogens is 350 g/mol. The Morgan fingerprint density at radius 2 is 1.80 bits per heavy atom. The summed E-state index contributed by atoms with van der Waals surface area (Å²) in [4.78, 5) is 11.9. The summed E-state index contributed by atoms with van der Waals surface area (Å²) in [7, 11) is 0. The van der Waals surface area contributed by atoms with Gasteiger partial charge in [-0.1, -0.05) is 39.7 Å². The Hall–Kier alpha value is -1.26. The molecular formula is C15H10BrClF2O. The van der Waals surface area contributed by atoms with Gasteiger partial charge in [-0.2, -0.15) is 0 Å². The molecule has 0 aliphatic heterocycles. The molecule has 0 spiro atoms. The molecule has 0 radical (unpaired) electrons. The molecule has 2 aromatic rings. The van der Waals surface area contributed by atoms with Crippen molar-refractivity contribution < 1.29 is 13.6 Å². The van der Waals surface area contributed by atoms with E-state index in [0.717, 1.165) is 16.6 Å². The first-order chi connectivity index (χ1) is 9.45. The summed E-state index contributed by atoms with van der Waals surface area (Å²) in [5, 5.41) is 0.498. The minimum Gasteiger partial charge on any atom is -0.299 e. The Morgan fingerprint density at radius 3 is 2.45 bits per heavy atom. The first kappa shape index (κ1) is 15.1. The second kappa shape index (κ2) is 6.46. The molecule has 0 aliphatic rings. The van der Waals surface area contributed by atoms with Crippen LogP contribution in [0.2, 0.25) is 5.02 Å². The van der Waals surface area contributed by atoms with Gasteiger partial charge in [-0.15, -0.1) is 0 Å². The molecule has 0 heterocycles. The number of carbonyl (C=O) groups excluding carboxylic acids is 1. The van der Waals surface area contributed by atoms with Gasteiger partial charge in [-0.05, 0) is 35.4 Å². The van der Waals surface area contributed by atoms with Gasteiger partial charge < -0.3 is 0 Å². The van der Waals surface area contributed by atoms with Crippen LogP contribution >= 0.6 is 27.5 Å². The molecule has 104 valence electrons. The highest BCUT2D eigenvalue weighted by molar-refractivity contribution is 9.10. The fraction of sp³-hybridized carbons (Fsp3) is 0.133. The van der Waals surface area contributed by atoms with Crippen LogP contribution in [0.5, 0.6) is 0 Å². The minimum atomic E-state index is -0.947. The molecule has 2 aromatic carbocycles. The summed E-state index contributed by atoms with van der Waals surface area (Å²) in [5.74, 6) is -1.98. The lowest BCUT2D eigenvalue weighted by Gasteiger charge is -2.05. The average molecular weight is 360 g/mol. The average Bonchev–Trinajstić information content (AvgIpc) is 2.37. The molecule has 5 heteroatoms. The van der Waals surface area contributed by atoms with Crippen molar-refractivity contribution in [1.82, 2.24) is 0 Å². The van der Waals surface area contributed by atoms with Gasteiger partial charge in [0, 0.05) is 22.3 Å². The van der Waals surface area contributed by atoms with E-state index in [1.54, 1.807) is 18.2 Å². The van der Waals surface area contributed by atoms with E-state index in [9.17, 15) is 13.6 Å². The molecule has 0 saturated heterocycles. The Morgan fingerprint density at radius 1 is 1.05 bits per heavy atom. The fourth-order valence-corrected chi connectivity index (χ4v) is 2.56. The lowest BCUT2D eigenvalue weighted by Crippen LogP contribution is -2.07. The van der Waals surface area contributed by atoms with Crippen LogP contribution in [0.3, 0.4) is 0 Å². The van der Waals surface area contributed by atoms with Crippen LogP contribution < -0.4 is 0 Å². The van der Waals surface area contributed by atoms with Crippen LogP contribution in [0, 0.1) is 11.6 Å².